The van der Waals surface area contributed by atoms with E-state index in [4.69, 9.17) is 5.11 Å². The molecule has 0 atom stereocenters. The van der Waals surface area contributed by atoms with Crippen LogP contribution < -0.4 is 4.90 Å². The van der Waals surface area contributed by atoms with Crippen LogP contribution in [0.2, 0.25) is 0 Å². The quantitative estimate of drug-likeness (QED) is 0.859. The van der Waals surface area contributed by atoms with Crippen molar-refractivity contribution in [2.75, 3.05) is 18.0 Å². The van der Waals surface area contributed by atoms with Crippen LogP contribution in [0, 0.1) is 6.92 Å². The molecule has 0 radical (unpaired) electrons. The maximum absolute atomic E-state index is 10.9. The Labute approximate surface area is 112 Å². The second-order valence-electron chi connectivity index (χ2n) is 4.43. The van der Waals surface area contributed by atoms with Gasteiger partial charge in [-0.05, 0) is 24.6 Å². The van der Waals surface area contributed by atoms with Gasteiger partial charge in [0.25, 0.3) is 0 Å². The number of carbonyl (C=O) groups is 1. The van der Waals surface area contributed by atoms with E-state index < -0.39 is 5.97 Å². The van der Waals surface area contributed by atoms with Crippen LogP contribution in [-0.2, 0) is 11.3 Å². The monoisotopic (exact) mass is 259 g/mol. The summed E-state index contributed by atoms with van der Waals surface area (Å²) >= 11 is 0. The van der Waals surface area contributed by atoms with E-state index in [-0.39, 0.29) is 6.54 Å². The zero-order valence-corrected chi connectivity index (χ0v) is 10.9. The number of para-hydroxylation sites is 1. The Kier molecular flexibility index (Phi) is 4.18. The van der Waals surface area contributed by atoms with Gasteiger partial charge in [0.1, 0.15) is 6.54 Å². The zero-order valence-electron chi connectivity index (χ0n) is 10.9. The summed E-state index contributed by atoms with van der Waals surface area (Å²) in [7, 11) is 0. The maximum atomic E-state index is 10.9. The van der Waals surface area contributed by atoms with Gasteiger partial charge in [0, 0.05) is 18.4 Å². The molecule has 0 aliphatic rings. The Morgan fingerprint density at radius 2 is 2.11 bits per heavy atom. The van der Waals surface area contributed by atoms with Crippen molar-refractivity contribution in [2.24, 2.45) is 0 Å². The van der Waals surface area contributed by atoms with Crippen LogP contribution >= 0.6 is 0 Å². The summed E-state index contributed by atoms with van der Waals surface area (Å²) in [5.74, 6) is -0.833. The Morgan fingerprint density at radius 3 is 2.68 bits per heavy atom. The van der Waals surface area contributed by atoms with Crippen molar-refractivity contribution in [3.63, 3.8) is 0 Å². The van der Waals surface area contributed by atoms with E-state index in [1.165, 1.54) is 0 Å². The van der Waals surface area contributed by atoms with Gasteiger partial charge in [-0.25, -0.2) is 0 Å². The van der Waals surface area contributed by atoms with Gasteiger partial charge in [-0.1, -0.05) is 18.2 Å². The van der Waals surface area contributed by atoms with Gasteiger partial charge in [0.2, 0.25) is 0 Å². The molecule has 1 aromatic carbocycles. The predicted octanol–water partition coefficient (Wildman–Crippen LogP) is 1.78. The summed E-state index contributed by atoms with van der Waals surface area (Å²) < 4.78 is 1.83. The third-order valence-electron chi connectivity index (χ3n) is 2.81. The van der Waals surface area contributed by atoms with E-state index in [1.807, 2.05) is 53.0 Å². The van der Waals surface area contributed by atoms with Crippen LogP contribution in [0.4, 0.5) is 5.69 Å². The standard InChI is InChI=1S/C14H17N3O2/c1-12-9-15-17(10-12)8-7-16(11-14(18)19)13-5-3-2-4-6-13/h2-6,9-10H,7-8,11H2,1H3,(H,18,19). The summed E-state index contributed by atoms with van der Waals surface area (Å²) in [6, 6.07) is 9.55. The number of hydrogen-bond acceptors (Lipinski definition) is 3. The number of aliphatic carboxylic acids is 1. The smallest absolute Gasteiger partial charge is 0.323 e. The average molecular weight is 259 g/mol. The molecule has 0 fully saturated rings. The average Bonchev–Trinajstić information content (AvgIpc) is 2.81. The van der Waals surface area contributed by atoms with Crippen molar-refractivity contribution in [2.45, 2.75) is 13.5 Å². The van der Waals surface area contributed by atoms with Crippen LogP contribution in [0.25, 0.3) is 0 Å². The minimum Gasteiger partial charge on any atom is -0.480 e. The Balaban J connectivity index is 2.04. The largest absolute Gasteiger partial charge is 0.480 e. The lowest BCUT2D eigenvalue weighted by Gasteiger charge is -2.22. The highest BCUT2D eigenvalue weighted by atomic mass is 16.4. The predicted molar refractivity (Wildman–Crippen MR) is 73.3 cm³/mol. The summed E-state index contributed by atoms with van der Waals surface area (Å²) in [5, 5.41) is 13.2. The highest BCUT2D eigenvalue weighted by Gasteiger charge is 2.10. The first-order valence-corrected chi connectivity index (χ1v) is 6.16. The molecule has 0 spiro atoms. The number of rotatable bonds is 6. The van der Waals surface area contributed by atoms with Crippen LogP contribution in [0.15, 0.2) is 42.7 Å². The van der Waals surface area contributed by atoms with E-state index in [0.717, 1.165) is 11.3 Å². The topological polar surface area (TPSA) is 58.4 Å². The van der Waals surface area contributed by atoms with Crippen molar-refractivity contribution in [3.8, 4) is 0 Å². The summed E-state index contributed by atoms with van der Waals surface area (Å²) in [5.41, 5.74) is 2.01. The molecule has 0 amide bonds. The number of carboxylic acid groups (broad SMARTS) is 1. The molecule has 1 heterocycles. The minimum atomic E-state index is -0.833. The first kappa shape index (κ1) is 13.1. The zero-order chi connectivity index (χ0) is 13.7. The summed E-state index contributed by atoms with van der Waals surface area (Å²) in [4.78, 5) is 12.8. The van der Waals surface area contributed by atoms with Crippen LogP contribution in [0.1, 0.15) is 5.56 Å². The molecule has 1 aromatic heterocycles. The molecule has 2 aromatic rings. The molecular formula is C14H17N3O2. The molecule has 0 bridgehead atoms. The highest BCUT2D eigenvalue weighted by molar-refractivity contribution is 5.73. The van der Waals surface area contributed by atoms with E-state index in [1.54, 1.807) is 6.20 Å². The van der Waals surface area contributed by atoms with Crippen LogP contribution in [-0.4, -0.2) is 33.9 Å². The molecule has 100 valence electrons. The lowest BCUT2D eigenvalue weighted by molar-refractivity contribution is -0.135. The number of carboxylic acids is 1. The van der Waals surface area contributed by atoms with Gasteiger partial charge in [-0.15, -0.1) is 0 Å². The van der Waals surface area contributed by atoms with Gasteiger partial charge in [-0.2, -0.15) is 5.10 Å². The third kappa shape index (κ3) is 3.84. The van der Waals surface area contributed by atoms with E-state index in [2.05, 4.69) is 5.10 Å². The number of hydrogen-bond donors (Lipinski definition) is 1. The second kappa shape index (κ2) is 6.04. The number of aromatic nitrogens is 2. The Hall–Kier alpha value is -2.30. The highest BCUT2D eigenvalue weighted by Crippen LogP contribution is 2.12. The SMILES string of the molecule is Cc1cnn(CCN(CC(=O)O)c2ccccc2)c1. The third-order valence-corrected chi connectivity index (χ3v) is 2.81. The van der Waals surface area contributed by atoms with Crippen LogP contribution in [0.3, 0.4) is 0 Å². The van der Waals surface area contributed by atoms with Crippen LogP contribution in [0.5, 0.6) is 0 Å². The lowest BCUT2D eigenvalue weighted by Crippen LogP contribution is -2.32. The first-order chi connectivity index (χ1) is 9.15. The molecule has 0 saturated heterocycles. The Morgan fingerprint density at radius 1 is 1.37 bits per heavy atom. The fourth-order valence-corrected chi connectivity index (χ4v) is 1.91. The molecule has 0 aliphatic heterocycles. The van der Waals surface area contributed by atoms with Crippen molar-refractivity contribution >= 4 is 11.7 Å². The lowest BCUT2D eigenvalue weighted by atomic mass is 10.3. The maximum Gasteiger partial charge on any atom is 0.323 e. The molecule has 0 aliphatic carbocycles. The minimum absolute atomic E-state index is 0.00966. The van der Waals surface area contributed by atoms with Crippen molar-refractivity contribution in [1.29, 1.82) is 0 Å². The van der Waals surface area contributed by atoms with Gasteiger partial charge in [0.15, 0.2) is 0 Å². The number of benzene rings is 1. The molecule has 19 heavy (non-hydrogen) atoms. The molecule has 5 heteroatoms. The van der Waals surface area contributed by atoms with E-state index in [9.17, 15) is 4.79 Å². The summed E-state index contributed by atoms with van der Waals surface area (Å²) in [6.45, 7) is 3.24. The first-order valence-electron chi connectivity index (χ1n) is 6.16. The molecule has 5 nitrogen and oxygen atoms in total. The normalized spacial score (nSPS) is 10.4. The Bertz CT molecular complexity index is 537. The van der Waals surface area contributed by atoms with E-state index >= 15 is 0 Å². The van der Waals surface area contributed by atoms with Crippen molar-refractivity contribution in [3.05, 3.63) is 48.3 Å². The summed E-state index contributed by atoms with van der Waals surface area (Å²) in [6.07, 6.45) is 3.74. The van der Waals surface area contributed by atoms with E-state index in [0.29, 0.717) is 13.1 Å². The van der Waals surface area contributed by atoms with Crippen molar-refractivity contribution in [1.82, 2.24) is 9.78 Å². The van der Waals surface area contributed by atoms with Gasteiger partial charge >= 0.3 is 5.97 Å². The number of aryl methyl sites for hydroxylation is 1. The molecule has 1 N–H and O–H groups in total. The fraction of sp³-hybridized carbons (Fsp3) is 0.286. The molecular weight excluding hydrogens is 242 g/mol. The second-order valence-corrected chi connectivity index (χ2v) is 4.43. The van der Waals surface area contributed by atoms with Crippen molar-refractivity contribution < 1.29 is 9.90 Å². The van der Waals surface area contributed by atoms with Gasteiger partial charge in [0.05, 0.1) is 12.7 Å². The molecule has 0 unspecified atom stereocenters. The fourth-order valence-electron chi connectivity index (χ4n) is 1.91. The van der Waals surface area contributed by atoms with Gasteiger partial charge in [-0.3, -0.25) is 9.48 Å². The van der Waals surface area contributed by atoms with Gasteiger partial charge < -0.3 is 10.0 Å². The number of anilines is 1. The molecule has 2 rings (SSSR count). The molecule has 0 saturated carbocycles. The number of nitrogens with zero attached hydrogens (tertiary/aromatic N) is 3.